The molecule has 164 valence electrons. The summed E-state index contributed by atoms with van der Waals surface area (Å²) in [6.07, 6.45) is 1.23. The van der Waals surface area contributed by atoms with E-state index in [1.165, 1.54) is 0 Å². The maximum Gasteiger partial charge on any atom is 0.325 e. The van der Waals surface area contributed by atoms with Crippen molar-refractivity contribution in [2.24, 2.45) is 0 Å². The molecule has 4 rings (SSSR count). The van der Waals surface area contributed by atoms with Crippen LogP contribution in [0.1, 0.15) is 17.0 Å². The topological polar surface area (TPSA) is 122 Å². The Morgan fingerprint density at radius 3 is 2.59 bits per heavy atom. The summed E-state index contributed by atoms with van der Waals surface area (Å²) in [7, 11) is -3.68. The second-order valence-corrected chi connectivity index (χ2v) is 9.43. The highest BCUT2D eigenvalue weighted by atomic mass is 32.2. The quantitative estimate of drug-likeness (QED) is 0.536. The molecule has 1 aliphatic heterocycles. The highest BCUT2D eigenvalue weighted by Gasteiger charge is 2.38. The summed E-state index contributed by atoms with van der Waals surface area (Å²) in [4.78, 5) is 30.1. The average molecular weight is 452 g/mol. The molecule has 1 atom stereocenters. The number of hydrogen-bond donors (Lipinski definition) is 0. The van der Waals surface area contributed by atoms with E-state index in [2.05, 4.69) is 4.98 Å². The Kier molecular flexibility index (Phi) is 5.78. The van der Waals surface area contributed by atoms with Gasteiger partial charge in [-0.2, -0.15) is 9.57 Å². The fourth-order valence-electron chi connectivity index (χ4n) is 3.84. The number of para-hydroxylation sites is 1. The zero-order valence-corrected chi connectivity index (χ0v) is 18.1. The van der Waals surface area contributed by atoms with Gasteiger partial charge >= 0.3 is 5.97 Å². The van der Waals surface area contributed by atoms with Crippen LogP contribution < -0.4 is 5.56 Å². The van der Waals surface area contributed by atoms with Crippen LogP contribution in [-0.4, -0.2) is 40.5 Å². The van der Waals surface area contributed by atoms with Gasteiger partial charge in [0.15, 0.2) is 5.82 Å². The van der Waals surface area contributed by atoms with Gasteiger partial charge in [0, 0.05) is 13.0 Å². The van der Waals surface area contributed by atoms with Gasteiger partial charge in [-0.25, -0.2) is 13.4 Å². The van der Waals surface area contributed by atoms with Crippen molar-refractivity contribution in [3.8, 4) is 6.07 Å². The standard InChI is InChI=1S/C22H20N4O5S/c1-32(29,30)26-13-16-7-3-2-6-15(16)12-19(26)22(28)31-14-20-24-18-9-5-4-8-17(18)21(27)25(20)11-10-23/h2-9,19H,11-14H2,1H3. The van der Waals surface area contributed by atoms with Gasteiger partial charge in [-0.3, -0.25) is 14.2 Å². The number of carbonyl (C=O) groups is 1. The van der Waals surface area contributed by atoms with Crippen LogP contribution in [0, 0.1) is 11.3 Å². The summed E-state index contributed by atoms with van der Waals surface area (Å²) in [5.41, 5.74) is 1.72. The third kappa shape index (κ3) is 4.12. The minimum Gasteiger partial charge on any atom is -0.456 e. The lowest BCUT2D eigenvalue weighted by molar-refractivity contribution is -0.150. The number of carbonyl (C=O) groups excluding carboxylic acids is 1. The normalized spacial score (nSPS) is 16.3. The highest BCUT2D eigenvalue weighted by molar-refractivity contribution is 7.88. The zero-order chi connectivity index (χ0) is 22.9. The fraction of sp³-hybridized carbons (Fsp3) is 0.273. The van der Waals surface area contributed by atoms with E-state index in [-0.39, 0.29) is 31.9 Å². The van der Waals surface area contributed by atoms with Crippen LogP contribution in [0.4, 0.5) is 0 Å². The van der Waals surface area contributed by atoms with Crippen molar-refractivity contribution >= 4 is 26.9 Å². The van der Waals surface area contributed by atoms with Crippen LogP contribution in [0.2, 0.25) is 0 Å². The number of ether oxygens (including phenoxy) is 1. The second-order valence-electron chi connectivity index (χ2n) is 7.50. The van der Waals surface area contributed by atoms with Gasteiger partial charge in [-0.05, 0) is 23.3 Å². The number of hydrogen-bond acceptors (Lipinski definition) is 7. The third-order valence-corrected chi connectivity index (χ3v) is 6.65. The lowest BCUT2D eigenvalue weighted by atomic mass is 9.96. The third-order valence-electron chi connectivity index (χ3n) is 5.42. The monoisotopic (exact) mass is 452 g/mol. The molecule has 0 fully saturated rings. The molecule has 2 heterocycles. The van der Waals surface area contributed by atoms with Gasteiger partial charge in [0.1, 0.15) is 19.2 Å². The first-order valence-electron chi connectivity index (χ1n) is 9.85. The van der Waals surface area contributed by atoms with Gasteiger partial charge < -0.3 is 4.74 Å². The molecule has 2 aromatic carbocycles. The number of sulfonamides is 1. The van der Waals surface area contributed by atoms with E-state index in [1.54, 1.807) is 24.3 Å². The van der Waals surface area contributed by atoms with Crippen molar-refractivity contribution < 1.29 is 17.9 Å². The summed E-state index contributed by atoms with van der Waals surface area (Å²) in [6.45, 7) is -0.547. The van der Waals surface area contributed by atoms with Crippen LogP contribution >= 0.6 is 0 Å². The summed E-state index contributed by atoms with van der Waals surface area (Å²) < 4.78 is 32.4. The molecule has 3 aromatic rings. The summed E-state index contributed by atoms with van der Waals surface area (Å²) in [5, 5.41) is 9.47. The Morgan fingerprint density at radius 1 is 1.19 bits per heavy atom. The Labute approximate surface area is 184 Å². The molecule has 0 saturated carbocycles. The number of benzene rings is 2. The molecule has 1 unspecified atom stereocenters. The first kappa shape index (κ1) is 21.7. The number of fused-ring (bicyclic) bond motifs is 2. The van der Waals surface area contributed by atoms with E-state index in [1.807, 2.05) is 30.3 Å². The van der Waals surface area contributed by atoms with Gasteiger partial charge in [0.05, 0.1) is 23.2 Å². The fourth-order valence-corrected chi connectivity index (χ4v) is 4.83. The highest BCUT2D eigenvalue weighted by Crippen LogP contribution is 2.26. The Morgan fingerprint density at radius 2 is 1.88 bits per heavy atom. The van der Waals surface area contributed by atoms with E-state index < -0.39 is 27.6 Å². The number of esters is 1. The first-order chi connectivity index (χ1) is 15.3. The molecule has 9 nitrogen and oxygen atoms in total. The molecule has 0 aliphatic carbocycles. The molecule has 0 amide bonds. The number of rotatable bonds is 5. The number of nitriles is 1. The Balaban J connectivity index is 1.63. The van der Waals surface area contributed by atoms with E-state index in [0.717, 1.165) is 26.3 Å². The summed E-state index contributed by atoms with van der Waals surface area (Å²) >= 11 is 0. The molecule has 10 heteroatoms. The molecular formula is C22H20N4O5S. The van der Waals surface area contributed by atoms with Crippen molar-refractivity contribution in [1.29, 1.82) is 5.26 Å². The predicted octanol–water partition coefficient (Wildman–Crippen LogP) is 1.35. The molecule has 0 N–H and O–H groups in total. The van der Waals surface area contributed by atoms with Crippen molar-refractivity contribution in [2.45, 2.75) is 32.2 Å². The number of aromatic nitrogens is 2. The Hall–Kier alpha value is -3.55. The lowest BCUT2D eigenvalue weighted by Gasteiger charge is -2.33. The van der Waals surface area contributed by atoms with Crippen molar-refractivity contribution in [3.63, 3.8) is 0 Å². The number of nitrogens with zero attached hydrogens (tertiary/aromatic N) is 4. The maximum atomic E-state index is 12.9. The van der Waals surface area contributed by atoms with Crippen molar-refractivity contribution in [1.82, 2.24) is 13.9 Å². The minimum absolute atomic E-state index is 0.0716. The summed E-state index contributed by atoms with van der Waals surface area (Å²) in [5.74, 6) is -0.624. The van der Waals surface area contributed by atoms with Crippen LogP contribution in [0.3, 0.4) is 0 Å². The molecular weight excluding hydrogens is 432 g/mol. The molecule has 1 aromatic heterocycles. The molecule has 0 spiro atoms. The van der Waals surface area contributed by atoms with Crippen LogP contribution in [0.5, 0.6) is 0 Å². The van der Waals surface area contributed by atoms with Crippen molar-refractivity contribution in [3.05, 3.63) is 75.8 Å². The molecule has 0 bridgehead atoms. The Bertz CT molecular complexity index is 1410. The van der Waals surface area contributed by atoms with Gasteiger partial charge in [0.25, 0.3) is 5.56 Å². The molecule has 32 heavy (non-hydrogen) atoms. The molecule has 0 saturated heterocycles. The van der Waals surface area contributed by atoms with Gasteiger partial charge in [-0.1, -0.05) is 36.4 Å². The molecule has 1 aliphatic rings. The van der Waals surface area contributed by atoms with Crippen molar-refractivity contribution in [2.75, 3.05) is 6.26 Å². The predicted molar refractivity (Wildman–Crippen MR) is 116 cm³/mol. The first-order valence-corrected chi connectivity index (χ1v) is 11.7. The molecule has 0 radical (unpaired) electrons. The van der Waals surface area contributed by atoms with E-state index >= 15 is 0 Å². The summed E-state index contributed by atoms with van der Waals surface area (Å²) in [6, 6.07) is 14.9. The zero-order valence-electron chi connectivity index (χ0n) is 17.3. The minimum atomic E-state index is -3.68. The maximum absolute atomic E-state index is 12.9. The second kappa shape index (κ2) is 8.53. The van der Waals surface area contributed by atoms with Crippen LogP contribution in [0.25, 0.3) is 10.9 Å². The largest absolute Gasteiger partial charge is 0.456 e. The smallest absolute Gasteiger partial charge is 0.325 e. The van der Waals surface area contributed by atoms with Gasteiger partial charge in [0.2, 0.25) is 10.0 Å². The van der Waals surface area contributed by atoms with E-state index in [9.17, 15) is 18.0 Å². The average Bonchev–Trinajstić information content (AvgIpc) is 2.78. The SMILES string of the molecule is CS(=O)(=O)N1Cc2ccccc2CC1C(=O)OCc1nc2ccccc2c(=O)n1CC#N. The lowest BCUT2D eigenvalue weighted by Crippen LogP contribution is -2.48. The van der Waals surface area contributed by atoms with E-state index in [4.69, 9.17) is 10.00 Å². The van der Waals surface area contributed by atoms with Gasteiger partial charge in [-0.15, -0.1) is 0 Å². The van der Waals surface area contributed by atoms with Crippen LogP contribution in [-0.2, 0) is 45.7 Å². The van der Waals surface area contributed by atoms with E-state index in [0.29, 0.717) is 10.9 Å². The van der Waals surface area contributed by atoms with Crippen LogP contribution in [0.15, 0.2) is 53.3 Å².